The van der Waals surface area contributed by atoms with E-state index in [4.69, 9.17) is 0 Å². The van der Waals surface area contributed by atoms with Gasteiger partial charge in [0.15, 0.2) is 0 Å². The smallest absolute Gasteiger partial charge is 0.214 e. The summed E-state index contributed by atoms with van der Waals surface area (Å²) < 4.78 is 0. The minimum atomic E-state index is -0.493. The van der Waals surface area contributed by atoms with Gasteiger partial charge in [0.25, 0.3) is 0 Å². The van der Waals surface area contributed by atoms with Crippen LogP contribution in [0.3, 0.4) is 0 Å². The first kappa shape index (κ1) is 26.5. The normalized spacial score (nSPS) is 10.0. The average molecular weight is 480 g/mol. The van der Waals surface area contributed by atoms with Crippen molar-refractivity contribution in [3.63, 3.8) is 0 Å². The van der Waals surface area contributed by atoms with E-state index in [1.165, 1.54) is 26.7 Å². The van der Waals surface area contributed by atoms with Crippen LogP contribution in [0.4, 0.5) is 0 Å². The molecule has 0 aliphatic heterocycles. The summed E-state index contributed by atoms with van der Waals surface area (Å²) in [5.41, 5.74) is 0. The Morgan fingerprint density at radius 1 is 0.727 bits per heavy atom. The number of rotatable bonds is 4. The van der Waals surface area contributed by atoms with Gasteiger partial charge in [0.1, 0.15) is 0 Å². The van der Waals surface area contributed by atoms with E-state index in [9.17, 15) is 0 Å². The third kappa shape index (κ3) is 8.27. The number of allylic oxidation sites excluding steroid dienone is 3. The van der Waals surface area contributed by atoms with Crippen LogP contribution in [-0.4, -0.2) is 0 Å². The Kier molecular flexibility index (Phi) is 12.2. The summed E-state index contributed by atoms with van der Waals surface area (Å²) in [5, 5.41) is 6.89. The Morgan fingerprint density at radius 3 is 1.70 bits per heavy atom. The van der Waals surface area contributed by atoms with E-state index in [0.717, 1.165) is 0 Å². The summed E-state index contributed by atoms with van der Waals surface area (Å²) in [4.78, 5) is 0. The molecule has 0 saturated carbocycles. The molecule has 2 heteroatoms. The second kappa shape index (κ2) is 15.1. The van der Waals surface area contributed by atoms with Gasteiger partial charge in [-0.05, 0) is 25.5 Å². The van der Waals surface area contributed by atoms with E-state index in [1.54, 1.807) is 6.08 Å². The maximum absolute atomic E-state index is 3.46. The molecule has 0 N–H and O–H groups in total. The van der Waals surface area contributed by atoms with Gasteiger partial charge in [0, 0.05) is 0 Å². The second-order valence-electron chi connectivity index (χ2n) is 7.07. The van der Waals surface area contributed by atoms with Gasteiger partial charge in [-0.1, -0.05) is 91.5 Å². The first-order valence-corrected chi connectivity index (χ1v) is 12.1. The molecule has 5 aromatic rings. The predicted octanol–water partition coefficient (Wildman–Crippen LogP) is 7.47. The summed E-state index contributed by atoms with van der Waals surface area (Å²) in [6.07, 6.45) is 5.58. The fourth-order valence-electron chi connectivity index (χ4n) is 3.32. The number of hydrogen-bond acceptors (Lipinski definition) is 0. The molecule has 0 aliphatic carbocycles. The zero-order chi connectivity index (χ0) is 22.4. The van der Waals surface area contributed by atoms with E-state index >= 15 is 0 Å². The molecule has 0 spiro atoms. The Labute approximate surface area is 214 Å². The van der Waals surface area contributed by atoms with E-state index in [0.29, 0.717) is 0 Å². The van der Waals surface area contributed by atoms with Gasteiger partial charge in [-0.15, -0.1) is 40.3 Å². The fourth-order valence-corrected chi connectivity index (χ4v) is 5.69. The molecule has 0 aromatic heterocycles. The molecule has 5 aromatic carbocycles. The van der Waals surface area contributed by atoms with Gasteiger partial charge in [-0.2, -0.15) is 24.3 Å². The van der Waals surface area contributed by atoms with Crippen molar-refractivity contribution in [3.8, 4) is 0 Å². The number of benzene rings is 3. The molecule has 0 unspecified atom stereocenters. The Bertz CT molecular complexity index is 1100. The quantitative estimate of drug-likeness (QED) is 0.108. The first-order valence-electron chi connectivity index (χ1n) is 10.8. The maximum Gasteiger partial charge on any atom is 2.00 e. The largest absolute Gasteiger partial charge is 2.00 e. The monoisotopic (exact) mass is 480 g/mol. The Morgan fingerprint density at radius 2 is 1.27 bits per heavy atom. The minimum absolute atomic E-state index is 0. The molecule has 0 atom stereocenters. The molecular weight excluding hydrogens is 451 g/mol. The topological polar surface area (TPSA) is 0 Å². The first-order chi connectivity index (χ1) is 15.8. The van der Waals surface area contributed by atoms with Crippen LogP contribution in [0, 0.1) is 0 Å². The third-order valence-electron chi connectivity index (χ3n) is 4.77. The van der Waals surface area contributed by atoms with E-state index < -0.39 is 7.92 Å². The molecule has 33 heavy (non-hydrogen) atoms. The Balaban J connectivity index is 0.000000294. The zero-order valence-corrected chi connectivity index (χ0v) is 21.5. The summed E-state index contributed by atoms with van der Waals surface area (Å²) in [6.45, 7) is 5.42. The van der Waals surface area contributed by atoms with Gasteiger partial charge in [0.2, 0.25) is 0 Å². The van der Waals surface area contributed by atoms with Crippen molar-refractivity contribution in [1.82, 2.24) is 0 Å². The van der Waals surface area contributed by atoms with Crippen molar-refractivity contribution in [3.05, 3.63) is 152 Å². The van der Waals surface area contributed by atoms with Crippen molar-refractivity contribution < 1.29 is 21.7 Å². The van der Waals surface area contributed by atoms with E-state index in [2.05, 4.69) is 104 Å². The summed E-state index contributed by atoms with van der Waals surface area (Å²) in [6, 6.07) is 45.0. The van der Waals surface area contributed by atoms with Crippen LogP contribution in [0.5, 0.6) is 0 Å². The van der Waals surface area contributed by atoms with Gasteiger partial charge >= 0.3 is 21.7 Å². The van der Waals surface area contributed by atoms with Gasteiger partial charge in [-0.3, -0.25) is 0 Å². The number of fused-ring (bicyclic) bond motifs is 1. The predicted molar refractivity (Wildman–Crippen MR) is 145 cm³/mol. The van der Waals surface area contributed by atoms with Crippen molar-refractivity contribution in [2.45, 2.75) is 6.92 Å². The van der Waals surface area contributed by atoms with Crippen LogP contribution in [-0.2, 0) is 21.7 Å². The molecule has 0 saturated heterocycles. The van der Waals surface area contributed by atoms with Crippen LogP contribution < -0.4 is 15.9 Å². The van der Waals surface area contributed by atoms with Gasteiger partial charge in [0.05, 0.1) is 0 Å². The molecule has 162 valence electrons. The molecule has 0 nitrogen and oxygen atoms in total. The maximum atomic E-state index is 3.46. The summed E-state index contributed by atoms with van der Waals surface area (Å²) in [5.74, 6) is 0. The van der Waals surface area contributed by atoms with Gasteiger partial charge < -0.3 is 0 Å². The van der Waals surface area contributed by atoms with Crippen molar-refractivity contribution in [2.24, 2.45) is 0 Å². The molecule has 0 radical (unpaired) electrons. The zero-order valence-electron chi connectivity index (χ0n) is 19.0. The summed E-state index contributed by atoms with van der Waals surface area (Å²) >= 11 is 0. The molecule has 0 amide bonds. The molecule has 0 fully saturated rings. The van der Waals surface area contributed by atoms with Crippen LogP contribution in [0.1, 0.15) is 6.92 Å². The van der Waals surface area contributed by atoms with Crippen LogP contribution in [0.25, 0.3) is 10.8 Å². The standard InChI is InChI=1S/C21H16P.C5H5.C5H8.Ti/c1-3-11-19(12-4-1)22(20-13-5-2-6-14-20)21-15-17-9-7-8-10-18(17)16-21;1-2-4-5-3-1;1-3-5-4-2;/h1-16H;1-5H;3-5H,1H2,2H3;/q2*-1;;+2. The summed E-state index contributed by atoms with van der Waals surface area (Å²) in [7, 11) is -0.493. The van der Waals surface area contributed by atoms with E-state index in [1.807, 2.05) is 49.4 Å². The Hall–Kier alpha value is -2.76. The second-order valence-corrected chi connectivity index (χ2v) is 9.29. The van der Waals surface area contributed by atoms with E-state index in [-0.39, 0.29) is 21.7 Å². The molecular formula is C31H29PTi. The van der Waals surface area contributed by atoms with Crippen LogP contribution in [0.15, 0.2) is 152 Å². The molecule has 0 heterocycles. The molecule has 5 rings (SSSR count). The van der Waals surface area contributed by atoms with Gasteiger partial charge in [-0.25, -0.2) is 12.1 Å². The van der Waals surface area contributed by atoms with Crippen LogP contribution in [0.2, 0.25) is 0 Å². The van der Waals surface area contributed by atoms with Crippen LogP contribution >= 0.6 is 7.92 Å². The molecule has 0 bridgehead atoms. The number of hydrogen-bond donors (Lipinski definition) is 0. The third-order valence-corrected chi connectivity index (χ3v) is 7.18. The average Bonchev–Trinajstić information content (AvgIpc) is 3.55. The minimum Gasteiger partial charge on any atom is -0.214 e. The van der Waals surface area contributed by atoms with Crippen molar-refractivity contribution >= 4 is 34.6 Å². The van der Waals surface area contributed by atoms with Crippen molar-refractivity contribution in [1.29, 1.82) is 0 Å². The molecule has 0 aliphatic rings. The van der Waals surface area contributed by atoms with Crippen molar-refractivity contribution in [2.75, 3.05) is 0 Å². The SMILES string of the molecule is C=CC=CC.[Ti+2].c1cc[cH-]c1.c1ccc(P(c2ccccc2)c2cc3ccccc3[cH-]2)cc1. The fraction of sp³-hybridized carbons (Fsp3) is 0.0323.